The van der Waals surface area contributed by atoms with Crippen molar-refractivity contribution in [2.24, 2.45) is 0 Å². The lowest BCUT2D eigenvalue weighted by atomic mass is 10.1. The molecule has 0 aliphatic heterocycles. The van der Waals surface area contributed by atoms with Crippen molar-refractivity contribution in [1.82, 2.24) is 0 Å². The third kappa shape index (κ3) is 5.45. The summed E-state index contributed by atoms with van der Waals surface area (Å²) in [5.41, 5.74) is 0.536. The predicted octanol–water partition coefficient (Wildman–Crippen LogP) is 2.34. The van der Waals surface area contributed by atoms with Crippen molar-refractivity contribution in [1.29, 1.82) is 0 Å². The van der Waals surface area contributed by atoms with Gasteiger partial charge in [0.1, 0.15) is 12.4 Å². The molecule has 0 heterocycles. The Hall–Kier alpha value is -1.42. The van der Waals surface area contributed by atoms with Crippen LogP contribution in [0.15, 0.2) is 24.3 Å². The minimum Gasteiger partial charge on any atom is -0.463 e. The maximum atomic E-state index is 13.2. The number of esters is 1. The highest BCUT2D eigenvalue weighted by molar-refractivity contribution is 5.69. The molecule has 0 bridgehead atoms. The van der Waals surface area contributed by atoms with Gasteiger partial charge in [-0.15, -0.1) is 0 Å². The quantitative estimate of drug-likeness (QED) is 0.542. The first kappa shape index (κ1) is 13.6. The van der Waals surface area contributed by atoms with Crippen LogP contribution in [0.25, 0.3) is 0 Å². The van der Waals surface area contributed by atoms with E-state index in [2.05, 4.69) is 0 Å². The van der Waals surface area contributed by atoms with E-state index in [9.17, 15) is 9.18 Å². The molecule has 0 unspecified atom stereocenters. The summed E-state index contributed by atoms with van der Waals surface area (Å²) in [5.74, 6) is -0.609. The number of rotatable bonds is 7. The van der Waals surface area contributed by atoms with Crippen molar-refractivity contribution >= 4 is 5.97 Å². The lowest BCUT2D eigenvalue weighted by Gasteiger charge is -2.05. The van der Waals surface area contributed by atoms with E-state index in [1.807, 2.05) is 6.92 Å². The molecule has 0 N–H and O–H groups in total. The Labute approximate surface area is 101 Å². The molecule has 0 radical (unpaired) electrons. The molecule has 94 valence electrons. The predicted molar refractivity (Wildman–Crippen MR) is 62.2 cm³/mol. The number of carbonyl (C=O) groups is 1. The number of hydrogen-bond acceptors (Lipinski definition) is 3. The first-order chi connectivity index (χ1) is 8.24. The molecule has 0 fully saturated rings. The Morgan fingerprint density at radius 2 is 2.06 bits per heavy atom. The molecule has 0 aromatic heterocycles. The smallest absolute Gasteiger partial charge is 0.306 e. The Balaban J connectivity index is 2.22. The summed E-state index contributed by atoms with van der Waals surface area (Å²) in [4.78, 5) is 11.3. The van der Waals surface area contributed by atoms with Gasteiger partial charge in [0.25, 0.3) is 0 Å². The lowest BCUT2D eigenvalue weighted by Crippen LogP contribution is -2.11. The van der Waals surface area contributed by atoms with E-state index < -0.39 is 0 Å². The molecule has 17 heavy (non-hydrogen) atoms. The molecule has 0 saturated heterocycles. The van der Waals surface area contributed by atoms with Crippen molar-refractivity contribution in [3.8, 4) is 0 Å². The third-order valence-electron chi connectivity index (χ3n) is 2.25. The Morgan fingerprint density at radius 1 is 1.29 bits per heavy atom. The second-order valence-electron chi connectivity index (χ2n) is 3.51. The van der Waals surface area contributed by atoms with Gasteiger partial charge < -0.3 is 9.47 Å². The van der Waals surface area contributed by atoms with Gasteiger partial charge in [0.2, 0.25) is 0 Å². The second-order valence-corrected chi connectivity index (χ2v) is 3.51. The number of ether oxygens (including phenoxy) is 2. The van der Waals surface area contributed by atoms with Crippen LogP contribution in [0, 0.1) is 5.82 Å². The largest absolute Gasteiger partial charge is 0.463 e. The van der Waals surface area contributed by atoms with E-state index in [4.69, 9.17) is 9.47 Å². The average Bonchev–Trinajstić information content (AvgIpc) is 2.34. The molecule has 0 spiro atoms. The fourth-order valence-corrected chi connectivity index (χ4v) is 1.37. The van der Waals surface area contributed by atoms with E-state index in [0.717, 1.165) is 0 Å². The van der Waals surface area contributed by atoms with Gasteiger partial charge in [0.05, 0.1) is 6.61 Å². The fraction of sp³-hybridized carbons (Fsp3) is 0.462. The van der Waals surface area contributed by atoms with Gasteiger partial charge in [-0.2, -0.15) is 0 Å². The zero-order valence-electron chi connectivity index (χ0n) is 9.95. The highest BCUT2D eigenvalue weighted by Gasteiger charge is 2.06. The van der Waals surface area contributed by atoms with Crippen molar-refractivity contribution < 1.29 is 18.7 Å². The Bertz CT molecular complexity index is 352. The highest BCUT2D eigenvalue weighted by atomic mass is 19.1. The molecule has 1 aromatic rings. The van der Waals surface area contributed by atoms with Crippen molar-refractivity contribution in [3.63, 3.8) is 0 Å². The van der Waals surface area contributed by atoms with Crippen LogP contribution in [-0.2, 0) is 20.7 Å². The molecule has 0 aliphatic carbocycles. The third-order valence-corrected chi connectivity index (χ3v) is 2.25. The van der Waals surface area contributed by atoms with E-state index in [-0.39, 0.29) is 24.8 Å². The first-order valence-corrected chi connectivity index (χ1v) is 5.70. The second kappa shape index (κ2) is 7.79. The van der Waals surface area contributed by atoms with Crippen molar-refractivity contribution in [2.45, 2.75) is 19.8 Å². The molecule has 0 amide bonds. The Morgan fingerprint density at radius 3 is 2.76 bits per heavy atom. The van der Waals surface area contributed by atoms with E-state index in [1.54, 1.807) is 18.2 Å². The highest BCUT2D eigenvalue weighted by Crippen LogP contribution is 2.09. The molecule has 4 heteroatoms. The summed E-state index contributed by atoms with van der Waals surface area (Å²) < 4.78 is 23.2. The Kier molecular flexibility index (Phi) is 6.25. The van der Waals surface area contributed by atoms with Crippen LogP contribution in [0.5, 0.6) is 0 Å². The summed E-state index contributed by atoms with van der Waals surface area (Å²) in [5, 5.41) is 0. The lowest BCUT2D eigenvalue weighted by molar-refractivity contribution is -0.145. The van der Waals surface area contributed by atoms with Gasteiger partial charge >= 0.3 is 5.97 Å². The summed E-state index contributed by atoms with van der Waals surface area (Å²) in [6.45, 7) is 3.14. The summed E-state index contributed by atoms with van der Waals surface area (Å²) in [6.07, 6.45) is 0.549. The van der Waals surface area contributed by atoms with E-state index >= 15 is 0 Å². The molecule has 0 saturated carbocycles. The van der Waals surface area contributed by atoms with Crippen LogP contribution < -0.4 is 0 Å². The number of hydrogen-bond donors (Lipinski definition) is 0. The maximum absolute atomic E-state index is 13.2. The summed E-state index contributed by atoms with van der Waals surface area (Å²) >= 11 is 0. The van der Waals surface area contributed by atoms with Crippen molar-refractivity contribution in [2.75, 3.05) is 19.8 Å². The standard InChI is InChI=1S/C13H17FO3/c1-2-16-9-10-17-13(15)8-7-11-5-3-4-6-12(11)14/h3-6H,2,7-10H2,1H3. The summed E-state index contributed by atoms with van der Waals surface area (Å²) in [6, 6.07) is 6.43. The maximum Gasteiger partial charge on any atom is 0.306 e. The monoisotopic (exact) mass is 240 g/mol. The van der Waals surface area contributed by atoms with Gasteiger partial charge in [-0.3, -0.25) is 4.79 Å². The zero-order valence-corrected chi connectivity index (χ0v) is 9.95. The van der Waals surface area contributed by atoms with Gasteiger partial charge in [-0.05, 0) is 25.0 Å². The van der Waals surface area contributed by atoms with Gasteiger partial charge in [0.15, 0.2) is 0 Å². The van der Waals surface area contributed by atoms with E-state index in [1.165, 1.54) is 6.07 Å². The van der Waals surface area contributed by atoms with Gasteiger partial charge in [0, 0.05) is 13.0 Å². The SMILES string of the molecule is CCOCCOC(=O)CCc1ccccc1F. The topological polar surface area (TPSA) is 35.5 Å². The molecule has 1 aromatic carbocycles. The van der Waals surface area contributed by atoms with Crippen LogP contribution >= 0.6 is 0 Å². The zero-order chi connectivity index (χ0) is 12.5. The molecule has 0 atom stereocenters. The van der Waals surface area contributed by atoms with Crippen LogP contribution in [0.2, 0.25) is 0 Å². The van der Waals surface area contributed by atoms with Gasteiger partial charge in [-0.1, -0.05) is 18.2 Å². The summed E-state index contributed by atoms with van der Waals surface area (Å²) in [7, 11) is 0. The van der Waals surface area contributed by atoms with Crippen molar-refractivity contribution in [3.05, 3.63) is 35.6 Å². The molecule has 3 nitrogen and oxygen atoms in total. The molecular formula is C13H17FO3. The van der Waals surface area contributed by atoms with Gasteiger partial charge in [-0.25, -0.2) is 4.39 Å². The fourth-order valence-electron chi connectivity index (χ4n) is 1.37. The van der Waals surface area contributed by atoms with Crippen LogP contribution in [0.4, 0.5) is 4.39 Å². The van der Waals surface area contributed by atoms with Crippen LogP contribution in [-0.4, -0.2) is 25.8 Å². The van der Waals surface area contributed by atoms with E-state index in [0.29, 0.717) is 25.2 Å². The minimum atomic E-state index is -0.326. The molecule has 0 aliphatic rings. The molecule has 1 rings (SSSR count). The van der Waals surface area contributed by atoms with Crippen LogP contribution in [0.3, 0.4) is 0 Å². The number of halogens is 1. The average molecular weight is 240 g/mol. The number of carbonyl (C=O) groups excluding carboxylic acids is 1. The normalized spacial score (nSPS) is 10.2. The molecular weight excluding hydrogens is 223 g/mol. The number of benzene rings is 1. The number of aryl methyl sites for hydroxylation is 1. The minimum absolute atomic E-state index is 0.188. The first-order valence-electron chi connectivity index (χ1n) is 5.70. The van der Waals surface area contributed by atoms with Crippen LogP contribution in [0.1, 0.15) is 18.9 Å².